The van der Waals surface area contributed by atoms with Gasteiger partial charge in [0.15, 0.2) is 0 Å². The van der Waals surface area contributed by atoms with Crippen molar-refractivity contribution in [2.45, 2.75) is 31.9 Å². The molecule has 108 valence electrons. The van der Waals surface area contributed by atoms with E-state index in [0.29, 0.717) is 6.61 Å². The van der Waals surface area contributed by atoms with Crippen LogP contribution in [0.2, 0.25) is 0 Å². The lowest BCUT2D eigenvalue weighted by Gasteiger charge is -2.20. The minimum atomic E-state index is -0.638. The Hall–Kier alpha value is -2.15. The van der Waals surface area contributed by atoms with E-state index in [1.54, 1.807) is 0 Å². The lowest BCUT2D eigenvalue weighted by molar-refractivity contribution is -0.384. The van der Waals surface area contributed by atoms with Crippen LogP contribution in [0.15, 0.2) is 18.2 Å². The van der Waals surface area contributed by atoms with Gasteiger partial charge in [0, 0.05) is 6.61 Å². The fourth-order valence-corrected chi connectivity index (χ4v) is 2.32. The van der Waals surface area contributed by atoms with Gasteiger partial charge in [-0.05, 0) is 31.9 Å². The van der Waals surface area contributed by atoms with E-state index >= 15 is 0 Å². The molecule has 1 amide bonds. The first-order chi connectivity index (χ1) is 9.50. The number of nitro benzene ring substituents is 1. The van der Waals surface area contributed by atoms with Gasteiger partial charge in [0.05, 0.1) is 17.1 Å². The van der Waals surface area contributed by atoms with E-state index in [1.165, 1.54) is 18.2 Å². The highest BCUT2D eigenvalue weighted by molar-refractivity contribution is 6.00. The molecule has 3 N–H and O–H groups in total. The summed E-state index contributed by atoms with van der Waals surface area (Å²) in [6, 6.07) is 4.12. The summed E-state index contributed by atoms with van der Waals surface area (Å²) < 4.78 is 5.48. The normalized spacial score (nSPS) is 19.6. The minimum absolute atomic E-state index is 0.0209. The maximum atomic E-state index is 12.2. The van der Waals surface area contributed by atoms with E-state index in [9.17, 15) is 14.9 Å². The smallest absolute Gasteiger partial charge is 0.304 e. The Bertz CT molecular complexity index is 526. The third-order valence-corrected chi connectivity index (χ3v) is 3.38. The number of hydrogen-bond acceptors (Lipinski definition) is 5. The molecule has 0 saturated carbocycles. The number of nitro groups is 1. The summed E-state index contributed by atoms with van der Waals surface area (Å²) in [4.78, 5) is 22.5. The lowest BCUT2D eigenvalue weighted by atomic mass is 10.1. The Morgan fingerprint density at radius 1 is 1.60 bits per heavy atom. The molecule has 0 aromatic heterocycles. The van der Waals surface area contributed by atoms with Gasteiger partial charge in [-0.1, -0.05) is 6.07 Å². The maximum absolute atomic E-state index is 12.2. The number of nitrogens with zero attached hydrogens (tertiary/aromatic N) is 1. The van der Waals surface area contributed by atoms with Crippen molar-refractivity contribution in [2.24, 2.45) is 0 Å². The quantitative estimate of drug-likeness (QED) is 0.493. The van der Waals surface area contributed by atoms with Crippen LogP contribution in [0.3, 0.4) is 0 Å². The highest BCUT2D eigenvalue weighted by Gasteiger charge is 2.27. The molecule has 0 bridgehead atoms. The molecule has 1 saturated heterocycles. The van der Waals surface area contributed by atoms with Gasteiger partial charge in [-0.25, -0.2) is 0 Å². The molecule has 1 heterocycles. The van der Waals surface area contributed by atoms with Crippen LogP contribution in [-0.4, -0.2) is 29.6 Å². The third kappa shape index (κ3) is 2.88. The number of nitrogens with one attached hydrogen (secondary N) is 1. The second-order valence-electron chi connectivity index (χ2n) is 4.81. The number of para-hydroxylation sites is 1. The maximum Gasteiger partial charge on any atom is 0.304 e. The van der Waals surface area contributed by atoms with Crippen molar-refractivity contribution < 1.29 is 14.5 Å². The summed E-state index contributed by atoms with van der Waals surface area (Å²) in [6.45, 7) is 2.51. The van der Waals surface area contributed by atoms with E-state index in [4.69, 9.17) is 10.5 Å². The van der Waals surface area contributed by atoms with Crippen molar-refractivity contribution in [1.29, 1.82) is 0 Å². The number of ether oxygens (including phenoxy) is 1. The summed E-state index contributed by atoms with van der Waals surface area (Å²) in [5.74, 6) is -0.507. The molecule has 0 aliphatic carbocycles. The van der Waals surface area contributed by atoms with Gasteiger partial charge in [0.25, 0.3) is 5.91 Å². The number of carbonyl (C=O) groups excluding carboxylic acids is 1. The van der Waals surface area contributed by atoms with Crippen LogP contribution >= 0.6 is 0 Å². The van der Waals surface area contributed by atoms with Crippen molar-refractivity contribution >= 4 is 17.3 Å². The molecule has 2 unspecified atom stereocenters. The monoisotopic (exact) mass is 279 g/mol. The van der Waals surface area contributed by atoms with E-state index < -0.39 is 10.8 Å². The molecule has 7 heteroatoms. The van der Waals surface area contributed by atoms with Crippen molar-refractivity contribution in [1.82, 2.24) is 5.32 Å². The van der Waals surface area contributed by atoms with Crippen LogP contribution in [0.1, 0.15) is 30.1 Å². The van der Waals surface area contributed by atoms with Gasteiger partial charge < -0.3 is 15.8 Å². The number of anilines is 1. The lowest BCUT2D eigenvalue weighted by Crippen LogP contribution is -2.41. The van der Waals surface area contributed by atoms with Gasteiger partial charge >= 0.3 is 5.69 Å². The van der Waals surface area contributed by atoms with E-state index in [2.05, 4.69) is 5.32 Å². The third-order valence-electron chi connectivity index (χ3n) is 3.38. The van der Waals surface area contributed by atoms with Crippen molar-refractivity contribution in [3.05, 3.63) is 33.9 Å². The highest BCUT2D eigenvalue weighted by atomic mass is 16.6. The van der Waals surface area contributed by atoms with Gasteiger partial charge in [-0.15, -0.1) is 0 Å². The Morgan fingerprint density at radius 2 is 2.35 bits per heavy atom. The molecule has 20 heavy (non-hydrogen) atoms. The molecule has 2 rings (SSSR count). The summed E-state index contributed by atoms with van der Waals surface area (Å²) in [5, 5.41) is 13.7. The molecule has 1 aliphatic rings. The number of rotatable bonds is 4. The number of hydrogen-bond donors (Lipinski definition) is 2. The second-order valence-corrected chi connectivity index (χ2v) is 4.81. The van der Waals surface area contributed by atoms with Crippen molar-refractivity contribution in [3.63, 3.8) is 0 Å². The van der Waals surface area contributed by atoms with Crippen molar-refractivity contribution in [2.75, 3.05) is 12.3 Å². The molecule has 1 fully saturated rings. The fraction of sp³-hybridized carbons (Fsp3) is 0.462. The zero-order chi connectivity index (χ0) is 14.7. The molecular weight excluding hydrogens is 262 g/mol. The topological polar surface area (TPSA) is 107 Å². The standard InChI is InChI=1S/C13H17N3O4/c1-8(11-6-3-7-20-11)15-13(17)9-4-2-5-10(14)12(9)16(18)19/h2,4-5,8,11H,3,6-7,14H2,1H3,(H,15,17). The molecule has 0 spiro atoms. The summed E-state index contributed by atoms with van der Waals surface area (Å²) in [6.07, 6.45) is 1.79. The predicted molar refractivity (Wildman–Crippen MR) is 73.4 cm³/mol. The number of nitrogen functional groups attached to an aromatic ring is 1. The molecule has 1 aliphatic heterocycles. The number of amides is 1. The van der Waals surface area contributed by atoms with E-state index in [-0.39, 0.29) is 29.1 Å². The first-order valence-corrected chi connectivity index (χ1v) is 6.46. The molecule has 2 atom stereocenters. The van der Waals surface area contributed by atoms with Gasteiger partial charge in [0.2, 0.25) is 0 Å². The van der Waals surface area contributed by atoms with Crippen LogP contribution in [-0.2, 0) is 4.74 Å². The van der Waals surface area contributed by atoms with Crippen molar-refractivity contribution in [3.8, 4) is 0 Å². The summed E-state index contributed by atoms with van der Waals surface area (Å²) in [5.41, 5.74) is 5.16. The van der Waals surface area contributed by atoms with E-state index in [1.807, 2.05) is 6.92 Å². The zero-order valence-corrected chi connectivity index (χ0v) is 11.2. The predicted octanol–water partition coefficient (Wildman–Crippen LogP) is 1.47. The molecule has 7 nitrogen and oxygen atoms in total. The van der Waals surface area contributed by atoms with Gasteiger partial charge in [0.1, 0.15) is 11.3 Å². The average molecular weight is 279 g/mol. The first-order valence-electron chi connectivity index (χ1n) is 6.46. The number of carbonyl (C=O) groups is 1. The van der Waals surface area contributed by atoms with Crippen LogP contribution in [0.5, 0.6) is 0 Å². The molecule has 1 aromatic rings. The average Bonchev–Trinajstić information content (AvgIpc) is 2.91. The van der Waals surface area contributed by atoms with Gasteiger partial charge in [-0.3, -0.25) is 14.9 Å². The minimum Gasteiger partial charge on any atom is -0.393 e. The zero-order valence-electron chi connectivity index (χ0n) is 11.2. The van der Waals surface area contributed by atoms with Crippen LogP contribution in [0, 0.1) is 10.1 Å². The Kier molecular flexibility index (Phi) is 4.19. The number of benzene rings is 1. The molecule has 0 radical (unpaired) electrons. The highest BCUT2D eigenvalue weighted by Crippen LogP contribution is 2.26. The summed E-state index contributed by atoms with van der Waals surface area (Å²) >= 11 is 0. The number of nitrogens with two attached hydrogens (primary N) is 1. The molecule has 1 aromatic carbocycles. The van der Waals surface area contributed by atoms with E-state index in [0.717, 1.165) is 12.8 Å². The largest absolute Gasteiger partial charge is 0.393 e. The Labute approximate surface area is 116 Å². The van der Waals surface area contributed by atoms with Crippen LogP contribution in [0.4, 0.5) is 11.4 Å². The second kappa shape index (κ2) is 5.87. The van der Waals surface area contributed by atoms with Crippen LogP contribution in [0.25, 0.3) is 0 Å². The summed E-state index contributed by atoms with van der Waals surface area (Å²) in [7, 11) is 0. The SMILES string of the molecule is CC(NC(=O)c1cccc(N)c1[N+](=O)[O-])C1CCCO1. The fourth-order valence-electron chi connectivity index (χ4n) is 2.32. The first kappa shape index (κ1) is 14.3. The van der Waals surface area contributed by atoms with Gasteiger partial charge in [-0.2, -0.15) is 0 Å². The molecular formula is C13H17N3O4. The Morgan fingerprint density at radius 3 is 2.95 bits per heavy atom. The Balaban J connectivity index is 2.16. The van der Waals surface area contributed by atoms with Crippen LogP contribution < -0.4 is 11.1 Å².